The molecule has 2 rings (SSSR count). The summed E-state index contributed by atoms with van der Waals surface area (Å²) in [5.74, 6) is 5.89. The molecule has 0 aliphatic rings. The number of hydrogen-bond acceptors (Lipinski definition) is 2. The molecule has 4 nitrogen and oxygen atoms in total. The van der Waals surface area contributed by atoms with E-state index in [0.717, 1.165) is 23.0 Å². The number of aromatic nitrogens is 1. The van der Waals surface area contributed by atoms with Crippen molar-refractivity contribution in [1.82, 2.24) is 4.98 Å². The number of fused-ring (bicyclic) bond motifs is 1. The maximum atomic E-state index is 5.19. The molecule has 2 aromatic rings. The Labute approximate surface area is 102 Å². The molecule has 0 unspecified atom stereocenters. The number of benzene rings is 1. The first-order valence-corrected chi connectivity index (χ1v) is 5.77. The van der Waals surface area contributed by atoms with Gasteiger partial charge in [-0.2, -0.15) is 5.90 Å². The van der Waals surface area contributed by atoms with Crippen LogP contribution in [0.3, 0.4) is 0 Å². The largest absolute Gasteiger partial charge is 0.412 e. The van der Waals surface area contributed by atoms with Gasteiger partial charge in [-0.3, -0.25) is 0 Å². The lowest BCUT2D eigenvalue weighted by Crippen LogP contribution is -2.36. The quantitative estimate of drug-likeness (QED) is 0.624. The molecule has 0 radical (unpaired) electrons. The lowest BCUT2D eigenvalue weighted by atomic mass is 10.1. The molecule has 0 aliphatic heterocycles. The van der Waals surface area contributed by atoms with Crippen LogP contribution in [0, 0.1) is 0 Å². The third-order valence-corrected chi connectivity index (χ3v) is 2.93. The highest BCUT2D eigenvalue weighted by Gasteiger charge is 2.10. The lowest BCUT2D eigenvalue weighted by Gasteiger charge is -2.23. The summed E-state index contributed by atoms with van der Waals surface area (Å²) < 4.78 is 0.958. The van der Waals surface area contributed by atoms with Crippen molar-refractivity contribution in [2.24, 2.45) is 5.90 Å². The zero-order valence-electron chi connectivity index (χ0n) is 10.7. The standard InChI is InChI=1S/C13H20N3O/c1-16(2,3)7-6-10-9-15-13-5-4-11(17-14)8-12(10)13/h4-5,8-9,15H,6-7,14H2,1-3H3/q+1. The second kappa shape index (κ2) is 4.39. The highest BCUT2D eigenvalue weighted by Crippen LogP contribution is 2.23. The van der Waals surface area contributed by atoms with Crippen molar-refractivity contribution in [3.8, 4) is 5.75 Å². The molecule has 0 saturated heterocycles. The molecule has 0 bridgehead atoms. The van der Waals surface area contributed by atoms with E-state index < -0.39 is 0 Å². The molecule has 92 valence electrons. The third kappa shape index (κ3) is 2.78. The molecule has 1 aromatic heterocycles. The molecule has 1 heterocycles. The van der Waals surface area contributed by atoms with E-state index >= 15 is 0 Å². The van der Waals surface area contributed by atoms with Crippen LogP contribution < -0.4 is 10.7 Å². The third-order valence-electron chi connectivity index (χ3n) is 2.93. The van der Waals surface area contributed by atoms with Crippen LogP contribution in [0.25, 0.3) is 10.9 Å². The lowest BCUT2D eigenvalue weighted by molar-refractivity contribution is -0.870. The number of nitrogens with one attached hydrogen (secondary N) is 1. The van der Waals surface area contributed by atoms with Crippen molar-refractivity contribution in [2.75, 3.05) is 27.7 Å². The minimum Gasteiger partial charge on any atom is -0.412 e. The summed E-state index contributed by atoms with van der Waals surface area (Å²) in [5.41, 5.74) is 2.44. The highest BCUT2D eigenvalue weighted by molar-refractivity contribution is 5.84. The topological polar surface area (TPSA) is 51.0 Å². The van der Waals surface area contributed by atoms with Crippen molar-refractivity contribution in [3.63, 3.8) is 0 Å². The molecular formula is C13H20N3O+. The summed E-state index contributed by atoms with van der Waals surface area (Å²) >= 11 is 0. The maximum Gasteiger partial charge on any atom is 0.147 e. The summed E-state index contributed by atoms with van der Waals surface area (Å²) in [5, 5.41) is 1.20. The average molecular weight is 234 g/mol. The Kier molecular flexibility index (Phi) is 3.09. The fraction of sp³-hybridized carbons (Fsp3) is 0.385. The predicted octanol–water partition coefficient (Wildman–Crippen LogP) is 1.67. The Hall–Kier alpha value is -1.52. The van der Waals surface area contributed by atoms with E-state index in [1.807, 2.05) is 18.2 Å². The Morgan fingerprint density at radius 1 is 1.29 bits per heavy atom. The molecule has 1 aromatic carbocycles. The Morgan fingerprint density at radius 2 is 2.06 bits per heavy atom. The summed E-state index contributed by atoms with van der Waals surface area (Å²) in [6, 6.07) is 5.84. The number of rotatable bonds is 4. The van der Waals surface area contributed by atoms with Crippen LogP contribution in [0.2, 0.25) is 0 Å². The van der Waals surface area contributed by atoms with Gasteiger partial charge in [0.1, 0.15) is 5.75 Å². The first-order chi connectivity index (χ1) is 7.99. The number of H-pyrrole nitrogens is 1. The predicted molar refractivity (Wildman–Crippen MR) is 69.7 cm³/mol. The van der Waals surface area contributed by atoms with Crippen LogP contribution in [-0.2, 0) is 6.42 Å². The molecule has 4 heteroatoms. The number of quaternary nitrogens is 1. The SMILES string of the molecule is C[N+](C)(C)CCc1c[nH]c2ccc(ON)cc12. The van der Waals surface area contributed by atoms with Crippen molar-refractivity contribution < 1.29 is 9.32 Å². The average Bonchev–Trinajstić information content (AvgIpc) is 2.67. The maximum absolute atomic E-state index is 5.19. The molecule has 0 aliphatic carbocycles. The Bertz CT molecular complexity index is 511. The van der Waals surface area contributed by atoms with Crippen LogP contribution in [-0.4, -0.2) is 37.2 Å². The van der Waals surface area contributed by atoms with Crippen molar-refractivity contribution in [2.45, 2.75) is 6.42 Å². The van der Waals surface area contributed by atoms with Gasteiger partial charge in [0, 0.05) is 23.5 Å². The first kappa shape index (κ1) is 12.0. The Morgan fingerprint density at radius 3 is 2.71 bits per heavy atom. The highest BCUT2D eigenvalue weighted by atomic mass is 16.6. The number of nitrogens with zero attached hydrogens (tertiary/aromatic N) is 1. The molecule has 0 fully saturated rings. The van der Waals surface area contributed by atoms with Gasteiger partial charge in [-0.1, -0.05) is 0 Å². The summed E-state index contributed by atoms with van der Waals surface area (Å²) in [7, 11) is 6.59. The number of nitrogens with two attached hydrogens (primary N) is 1. The first-order valence-electron chi connectivity index (χ1n) is 5.77. The van der Waals surface area contributed by atoms with Gasteiger partial charge in [0.15, 0.2) is 0 Å². The summed E-state index contributed by atoms with van der Waals surface area (Å²) in [6.45, 7) is 1.10. The van der Waals surface area contributed by atoms with Crippen molar-refractivity contribution >= 4 is 10.9 Å². The smallest absolute Gasteiger partial charge is 0.147 e. The van der Waals surface area contributed by atoms with E-state index in [4.69, 9.17) is 10.7 Å². The van der Waals surface area contributed by atoms with Crippen molar-refractivity contribution in [1.29, 1.82) is 0 Å². The normalized spacial score (nSPS) is 12.0. The second-order valence-electron chi connectivity index (χ2n) is 5.40. The van der Waals surface area contributed by atoms with Crippen LogP contribution in [0.1, 0.15) is 5.56 Å². The molecule has 0 spiro atoms. The van der Waals surface area contributed by atoms with Gasteiger partial charge >= 0.3 is 0 Å². The molecular weight excluding hydrogens is 214 g/mol. The second-order valence-corrected chi connectivity index (χ2v) is 5.40. The van der Waals surface area contributed by atoms with E-state index in [1.54, 1.807) is 0 Å². The fourth-order valence-corrected chi connectivity index (χ4v) is 1.89. The van der Waals surface area contributed by atoms with Gasteiger partial charge in [-0.05, 0) is 23.8 Å². The van der Waals surface area contributed by atoms with Crippen LogP contribution in [0.15, 0.2) is 24.4 Å². The minimum absolute atomic E-state index is 0.698. The van der Waals surface area contributed by atoms with Crippen LogP contribution in [0.4, 0.5) is 0 Å². The monoisotopic (exact) mass is 234 g/mol. The van der Waals surface area contributed by atoms with Crippen LogP contribution >= 0.6 is 0 Å². The van der Waals surface area contributed by atoms with Gasteiger partial charge in [-0.25, -0.2) is 0 Å². The molecule has 17 heavy (non-hydrogen) atoms. The fourth-order valence-electron chi connectivity index (χ4n) is 1.89. The van der Waals surface area contributed by atoms with Crippen LogP contribution in [0.5, 0.6) is 5.75 Å². The van der Waals surface area contributed by atoms with Crippen molar-refractivity contribution in [3.05, 3.63) is 30.0 Å². The number of likely N-dealkylation sites (N-methyl/N-ethyl adjacent to an activating group) is 1. The zero-order chi connectivity index (χ0) is 12.5. The number of hydrogen-bond donors (Lipinski definition) is 2. The number of aromatic amines is 1. The van der Waals surface area contributed by atoms with E-state index in [-0.39, 0.29) is 0 Å². The minimum atomic E-state index is 0.698. The van der Waals surface area contributed by atoms with Gasteiger partial charge in [-0.15, -0.1) is 0 Å². The molecule has 0 saturated carbocycles. The summed E-state index contributed by atoms with van der Waals surface area (Å²) in [6.07, 6.45) is 3.11. The Balaban J connectivity index is 2.28. The van der Waals surface area contributed by atoms with Gasteiger partial charge in [0.2, 0.25) is 0 Å². The van der Waals surface area contributed by atoms with E-state index in [0.29, 0.717) is 5.75 Å². The van der Waals surface area contributed by atoms with E-state index in [1.165, 1.54) is 10.9 Å². The molecule has 0 amide bonds. The molecule has 0 atom stereocenters. The summed E-state index contributed by atoms with van der Waals surface area (Å²) in [4.78, 5) is 8.05. The van der Waals surface area contributed by atoms with Gasteiger partial charge in [0.05, 0.1) is 27.7 Å². The zero-order valence-corrected chi connectivity index (χ0v) is 10.7. The molecule has 3 N–H and O–H groups in total. The van der Waals surface area contributed by atoms with Gasteiger partial charge < -0.3 is 14.3 Å². The van der Waals surface area contributed by atoms with E-state index in [9.17, 15) is 0 Å². The van der Waals surface area contributed by atoms with E-state index in [2.05, 4.69) is 32.3 Å². The van der Waals surface area contributed by atoms with Gasteiger partial charge in [0.25, 0.3) is 0 Å².